The summed E-state index contributed by atoms with van der Waals surface area (Å²) >= 11 is 0. The van der Waals surface area contributed by atoms with Gasteiger partial charge in [-0.2, -0.15) is 0 Å². The molecule has 0 saturated heterocycles. The van der Waals surface area contributed by atoms with Crippen molar-refractivity contribution in [3.63, 3.8) is 0 Å². The number of H-pyrrole nitrogens is 1. The second-order valence-electron chi connectivity index (χ2n) is 12.0. The van der Waals surface area contributed by atoms with Crippen molar-refractivity contribution in [2.45, 2.75) is 19.9 Å². The number of carbonyl (C=O) groups is 3. The number of hydrogen-bond acceptors (Lipinski definition) is 7. The molecule has 1 unspecified atom stereocenters. The number of aromatic nitrogens is 1. The Morgan fingerprint density at radius 3 is 2.45 bits per heavy atom. The van der Waals surface area contributed by atoms with E-state index in [2.05, 4.69) is 20.9 Å². The number of methoxy groups -OCH3 is 1. The summed E-state index contributed by atoms with van der Waals surface area (Å²) in [6.07, 6.45) is 1.58. The van der Waals surface area contributed by atoms with Crippen LogP contribution in [0.25, 0.3) is 22.6 Å². The molecule has 49 heavy (non-hydrogen) atoms. The summed E-state index contributed by atoms with van der Waals surface area (Å²) < 4.78 is 26.6. The van der Waals surface area contributed by atoms with Crippen LogP contribution in [0.5, 0.6) is 11.5 Å². The molecule has 1 aromatic heterocycles. The number of ether oxygens (including phenoxy) is 2. The van der Waals surface area contributed by atoms with Crippen molar-refractivity contribution < 1.29 is 33.6 Å². The zero-order valence-corrected chi connectivity index (χ0v) is 28.3. The zero-order valence-electron chi connectivity index (χ0n) is 28.3. The SMILES string of the molecule is C[NH2+]/C(C)=C(/c1[nH]c2c(F)cc(OC)cc2c1/C=C1\Oc2ccc(NC(=O)Nc3ccc(C(=O)NCCN(C)C)cc3)cc2C1=O)C(C)N. The minimum Gasteiger partial charge on any atom is -0.497 e. The lowest BCUT2D eigenvalue weighted by atomic mass is 9.97. The summed E-state index contributed by atoms with van der Waals surface area (Å²) in [5.74, 6) is -0.483. The van der Waals surface area contributed by atoms with Gasteiger partial charge in [-0.15, -0.1) is 0 Å². The third-order valence-electron chi connectivity index (χ3n) is 8.14. The Balaban J connectivity index is 1.37. The first kappa shape index (κ1) is 34.8. The van der Waals surface area contributed by atoms with Crippen molar-refractivity contribution in [2.24, 2.45) is 5.73 Å². The number of hydrogen-bond donors (Lipinski definition) is 6. The molecule has 1 aliphatic heterocycles. The van der Waals surface area contributed by atoms with E-state index in [1.807, 2.05) is 45.2 Å². The number of carbonyl (C=O) groups excluding carboxylic acids is 3. The highest BCUT2D eigenvalue weighted by molar-refractivity contribution is 6.16. The minimum absolute atomic E-state index is 0.0231. The molecular formula is C36H41FN7O5+. The number of quaternary nitrogens is 1. The van der Waals surface area contributed by atoms with Crippen LogP contribution in [0.4, 0.5) is 20.6 Å². The quantitative estimate of drug-likeness (QED) is 0.131. The summed E-state index contributed by atoms with van der Waals surface area (Å²) in [4.78, 5) is 44.0. The Bertz CT molecular complexity index is 1980. The van der Waals surface area contributed by atoms with Gasteiger partial charge in [0, 0.05) is 65.6 Å². The van der Waals surface area contributed by atoms with Crippen molar-refractivity contribution in [1.29, 1.82) is 0 Å². The number of nitrogens with one attached hydrogen (secondary N) is 4. The van der Waals surface area contributed by atoms with Crippen LogP contribution in [-0.2, 0) is 0 Å². The number of anilines is 2. The topological polar surface area (TPSA) is 167 Å². The number of rotatable bonds is 11. The number of benzene rings is 3. The Hall–Kier alpha value is -5.50. The minimum atomic E-state index is -0.539. The first-order valence-electron chi connectivity index (χ1n) is 15.7. The third-order valence-corrected chi connectivity index (χ3v) is 8.14. The molecule has 1 atom stereocenters. The molecule has 0 fully saturated rings. The molecule has 12 nitrogen and oxygen atoms in total. The van der Waals surface area contributed by atoms with Gasteiger partial charge in [0.1, 0.15) is 17.2 Å². The van der Waals surface area contributed by atoms with Crippen LogP contribution in [-0.4, -0.2) is 75.0 Å². The fourth-order valence-electron chi connectivity index (χ4n) is 5.56. The lowest BCUT2D eigenvalue weighted by molar-refractivity contribution is -0.575. The molecule has 0 spiro atoms. The van der Waals surface area contributed by atoms with E-state index in [0.717, 1.165) is 17.8 Å². The molecule has 4 aromatic rings. The number of ketones is 1. The smallest absolute Gasteiger partial charge is 0.323 e. The highest BCUT2D eigenvalue weighted by atomic mass is 19.1. The van der Waals surface area contributed by atoms with Crippen molar-refractivity contribution in [3.8, 4) is 11.5 Å². The predicted octanol–water partition coefficient (Wildman–Crippen LogP) is 4.14. The van der Waals surface area contributed by atoms with Gasteiger partial charge < -0.3 is 46.4 Å². The molecule has 8 N–H and O–H groups in total. The first-order chi connectivity index (χ1) is 23.4. The Kier molecular flexibility index (Phi) is 10.5. The summed E-state index contributed by atoms with van der Waals surface area (Å²) in [5, 5.41) is 10.7. The summed E-state index contributed by atoms with van der Waals surface area (Å²) in [7, 11) is 7.19. The number of nitrogens with two attached hydrogens (primary N) is 2. The average molecular weight is 671 g/mol. The number of allylic oxidation sites excluding steroid dienone is 2. The van der Waals surface area contributed by atoms with Crippen molar-refractivity contribution in [2.75, 3.05) is 52.0 Å². The fraction of sp³-hybridized carbons (Fsp3) is 0.250. The number of Topliss-reactive ketones (excluding diaryl/α,β-unsaturated/α-hetero) is 1. The maximum absolute atomic E-state index is 15.2. The third kappa shape index (κ3) is 7.64. The second kappa shape index (κ2) is 14.7. The van der Waals surface area contributed by atoms with Crippen LogP contribution >= 0.6 is 0 Å². The maximum atomic E-state index is 15.2. The summed E-state index contributed by atoms with van der Waals surface area (Å²) in [6.45, 7) is 4.98. The van der Waals surface area contributed by atoms with E-state index in [1.165, 1.54) is 19.2 Å². The van der Waals surface area contributed by atoms with Crippen molar-refractivity contribution in [3.05, 3.63) is 94.3 Å². The highest BCUT2D eigenvalue weighted by Crippen LogP contribution is 2.38. The highest BCUT2D eigenvalue weighted by Gasteiger charge is 2.30. The zero-order chi connectivity index (χ0) is 35.4. The number of aromatic amines is 1. The molecule has 0 radical (unpaired) electrons. The molecule has 0 bridgehead atoms. The van der Waals surface area contributed by atoms with Gasteiger partial charge in [0.15, 0.2) is 11.6 Å². The Morgan fingerprint density at radius 1 is 1.10 bits per heavy atom. The number of amides is 3. The molecule has 2 heterocycles. The van der Waals surface area contributed by atoms with Gasteiger partial charge in [-0.05, 0) is 75.6 Å². The van der Waals surface area contributed by atoms with E-state index in [1.54, 1.807) is 48.5 Å². The molecule has 3 amide bonds. The van der Waals surface area contributed by atoms with Crippen molar-refractivity contribution >= 4 is 51.6 Å². The molecule has 256 valence electrons. The van der Waals surface area contributed by atoms with Crippen LogP contribution in [0.1, 0.15) is 45.8 Å². The van der Waals surface area contributed by atoms with Crippen LogP contribution in [0.3, 0.4) is 0 Å². The predicted molar refractivity (Wildman–Crippen MR) is 188 cm³/mol. The first-order valence-corrected chi connectivity index (χ1v) is 15.7. The number of halogens is 1. The molecule has 0 aliphatic carbocycles. The van der Waals surface area contributed by atoms with Crippen LogP contribution in [0.15, 0.2) is 66.1 Å². The van der Waals surface area contributed by atoms with E-state index < -0.39 is 23.7 Å². The van der Waals surface area contributed by atoms with Crippen molar-refractivity contribution in [1.82, 2.24) is 15.2 Å². The number of urea groups is 1. The molecule has 3 aromatic carbocycles. The fourth-order valence-corrected chi connectivity index (χ4v) is 5.56. The van der Waals surface area contributed by atoms with Gasteiger partial charge in [0.25, 0.3) is 5.91 Å². The van der Waals surface area contributed by atoms with Crippen LogP contribution in [0.2, 0.25) is 0 Å². The Labute approximate surface area is 283 Å². The van der Waals surface area contributed by atoms with E-state index in [9.17, 15) is 14.4 Å². The van der Waals surface area contributed by atoms with E-state index in [4.69, 9.17) is 15.2 Å². The van der Waals surface area contributed by atoms with Gasteiger partial charge in [-0.25, -0.2) is 9.18 Å². The van der Waals surface area contributed by atoms with E-state index in [0.29, 0.717) is 51.6 Å². The van der Waals surface area contributed by atoms with Gasteiger partial charge >= 0.3 is 6.03 Å². The summed E-state index contributed by atoms with van der Waals surface area (Å²) in [6, 6.07) is 13.3. The standard InChI is InChI=1S/C36H40FN7O5/c1-19(38)31(20(2)39-3)33-26(25-16-24(48-6)17-28(37)32(25)43-33)18-30-34(45)27-15-23(11-12-29(27)49-30)42-36(47)41-22-9-7-21(8-10-22)35(46)40-13-14-44(4)5/h7-12,15-19,39,43H,13-14,38H2,1-6H3,(H,40,46)(H2,41,42,47)/p+1/b30-18-,31-20+. The Morgan fingerprint density at radius 2 is 1.80 bits per heavy atom. The second-order valence-corrected chi connectivity index (χ2v) is 12.0. The van der Waals surface area contributed by atoms with Gasteiger partial charge in [0.2, 0.25) is 5.78 Å². The van der Waals surface area contributed by atoms with Gasteiger partial charge in [-0.1, -0.05) is 0 Å². The van der Waals surface area contributed by atoms with Crippen LogP contribution < -0.4 is 36.5 Å². The molecular weight excluding hydrogens is 629 g/mol. The van der Waals surface area contributed by atoms with E-state index >= 15 is 4.39 Å². The number of nitrogens with zero attached hydrogens (tertiary/aromatic N) is 1. The maximum Gasteiger partial charge on any atom is 0.323 e. The van der Waals surface area contributed by atoms with Gasteiger partial charge in [0.05, 0.1) is 30.9 Å². The lowest BCUT2D eigenvalue weighted by Gasteiger charge is -2.13. The number of fused-ring (bicyclic) bond motifs is 2. The summed E-state index contributed by atoms with van der Waals surface area (Å²) in [5.41, 5.74) is 10.9. The average Bonchev–Trinajstić information content (AvgIpc) is 3.57. The normalized spacial score (nSPS) is 14.4. The van der Waals surface area contributed by atoms with Gasteiger partial charge in [-0.3, -0.25) is 9.59 Å². The van der Waals surface area contributed by atoms with Crippen LogP contribution in [0, 0.1) is 5.82 Å². The lowest BCUT2D eigenvalue weighted by Crippen LogP contribution is -2.77. The molecule has 13 heteroatoms. The largest absolute Gasteiger partial charge is 0.497 e. The van der Waals surface area contributed by atoms with E-state index in [-0.39, 0.29) is 22.7 Å². The molecule has 5 rings (SSSR count). The molecule has 1 aliphatic rings. The number of likely N-dealkylation sites (N-methyl/N-ethyl adjacent to an activating group) is 1. The molecule has 0 saturated carbocycles. The monoisotopic (exact) mass is 670 g/mol.